The van der Waals surface area contributed by atoms with E-state index in [-0.39, 0.29) is 12.8 Å². The summed E-state index contributed by atoms with van der Waals surface area (Å²) >= 11 is 7.59. The number of cyclic esters (lactones) is 2. The summed E-state index contributed by atoms with van der Waals surface area (Å²) in [5.41, 5.74) is -0.980. The van der Waals surface area contributed by atoms with E-state index < -0.39 is 29.1 Å². The molecule has 9 heteroatoms. The van der Waals surface area contributed by atoms with Crippen molar-refractivity contribution in [3.8, 4) is 0 Å². The second kappa shape index (κ2) is 9.37. The number of nitrogens with zero attached hydrogens (tertiary/aromatic N) is 1. The predicted octanol–water partition coefficient (Wildman–Crippen LogP) is 5.21. The lowest BCUT2D eigenvalue weighted by Crippen LogP contribution is -2.32. The molecule has 2 saturated heterocycles. The number of halogens is 1. The highest BCUT2D eigenvalue weighted by molar-refractivity contribution is 7.13. The summed E-state index contributed by atoms with van der Waals surface area (Å²) in [6.45, 7) is 4.83. The van der Waals surface area contributed by atoms with Crippen molar-refractivity contribution in [3.63, 3.8) is 0 Å². The third-order valence-corrected chi connectivity index (χ3v) is 7.03. The average Bonchev–Trinajstić information content (AvgIpc) is 3.42. The van der Waals surface area contributed by atoms with E-state index in [1.807, 2.05) is 23.6 Å². The molecule has 0 unspecified atom stereocenters. The molecule has 32 heavy (non-hydrogen) atoms. The topological polar surface area (TPSA) is 86.8 Å². The first kappa shape index (κ1) is 23.0. The Balaban J connectivity index is 1.43. The Morgan fingerprint density at radius 3 is 2.88 bits per heavy atom. The number of rotatable bonds is 9. The number of carbonyl (C=O) groups is 2. The van der Waals surface area contributed by atoms with Crippen molar-refractivity contribution in [1.29, 1.82) is 0 Å². The van der Waals surface area contributed by atoms with Gasteiger partial charge in [-0.3, -0.25) is 9.59 Å². The number of anilines is 2. The molecular formula is C23H27ClN2O5S. The number of hydrogen-bond acceptors (Lipinski definition) is 8. The third-order valence-electron chi connectivity index (χ3n) is 5.95. The van der Waals surface area contributed by atoms with Crippen molar-refractivity contribution in [2.24, 2.45) is 5.41 Å². The van der Waals surface area contributed by atoms with E-state index in [9.17, 15) is 9.59 Å². The lowest BCUT2D eigenvalue weighted by atomic mass is 9.78. The monoisotopic (exact) mass is 478 g/mol. The molecular weight excluding hydrogens is 452 g/mol. The van der Waals surface area contributed by atoms with E-state index in [1.165, 1.54) is 11.3 Å². The predicted molar refractivity (Wildman–Crippen MR) is 122 cm³/mol. The zero-order chi connectivity index (χ0) is 22.8. The summed E-state index contributed by atoms with van der Waals surface area (Å²) < 4.78 is 16.9. The lowest BCUT2D eigenvalue weighted by molar-refractivity contribution is -0.160. The largest absolute Gasteiger partial charge is 0.459 e. The van der Waals surface area contributed by atoms with Crippen LogP contribution in [0.3, 0.4) is 0 Å². The quantitative estimate of drug-likeness (QED) is 0.300. The maximum atomic E-state index is 12.9. The van der Waals surface area contributed by atoms with E-state index in [0.29, 0.717) is 29.1 Å². The van der Waals surface area contributed by atoms with E-state index in [1.54, 1.807) is 13.0 Å². The Kier molecular flexibility index (Phi) is 6.74. The molecule has 0 bridgehead atoms. The molecule has 1 spiro atoms. The van der Waals surface area contributed by atoms with Crippen LogP contribution >= 0.6 is 22.9 Å². The second-order valence-electron chi connectivity index (χ2n) is 8.54. The van der Waals surface area contributed by atoms with Gasteiger partial charge in [0.2, 0.25) is 0 Å². The van der Waals surface area contributed by atoms with Gasteiger partial charge in [0.25, 0.3) is 0 Å². The van der Waals surface area contributed by atoms with Gasteiger partial charge in [-0.25, -0.2) is 4.98 Å². The Labute approximate surface area is 196 Å². The highest BCUT2D eigenvalue weighted by Gasteiger charge is 2.65. The zero-order valence-electron chi connectivity index (χ0n) is 18.2. The van der Waals surface area contributed by atoms with Crippen LogP contribution in [-0.4, -0.2) is 36.2 Å². The standard InChI is InChI=1S/C23H27ClN2O5S/c1-3-4-7-10-29-12-15-11-23(19(27)30-15)14-22(2,31-20(23)28)18-13-32-21(26-18)25-17-9-6-5-8-16(17)24/h5-6,8-9,13,15H,3-4,7,10-12,14H2,1-2H3,(H,25,26)/t15-,22-,23+/m0/s1. The second-order valence-corrected chi connectivity index (χ2v) is 9.80. The molecule has 7 nitrogen and oxygen atoms in total. The summed E-state index contributed by atoms with van der Waals surface area (Å²) in [7, 11) is 0. The minimum Gasteiger partial charge on any atom is -0.459 e. The molecule has 1 N–H and O–H groups in total. The number of nitrogens with one attached hydrogen (secondary N) is 1. The molecule has 2 aliphatic rings. The number of carbonyl (C=O) groups excluding carboxylic acids is 2. The molecule has 2 fully saturated rings. The number of hydrogen-bond donors (Lipinski definition) is 1. The Morgan fingerprint density at radius 2 is 2.09 bits per heavy atom. The van der Waals surface area contributed by atoms with Crippen molar-refractivity contribution in [3.05, 3.63) is 40.4 Å². The first-order valence-electron chi connectivity index (χ1n) is 10.9. The van der Waals surface area contributed by atoms with Gasteiger partial charge >= 0.3 is 11.9 Å². The van der Waals surface area contributed by atoms with Gasteiger partial charge in [0.1, 0.15) is 6.10 Å². The molecule has 1 aromatic heterocycles. The first-order valence-corrected chi connectivity index (χ1v) is 12.1. The average molecular weight is 479 g/mol. The molecule has 2 aromatic rings. The highest BCUT2D eigenvalue weighted by Crippen LogP contribution is 2.52. The van der Waals surface area contributed by atoms with Crippen LogP contribution in [0, 0.1) is 5.41 Å². The summed E-state index contributed by atoms with van der Waals surface area (Å²) in [6, 6.07) is 7.37. The van der Waals surface area contributed by atoms with Gasteiger partial charge in [0.15, 0.2) is 16.1 Å². The van der Waals surface area contributed by atoms with Gasteiger partial charge in [-0.05, 0) is 25.5 Å². The summed E-state index contributed by atoms with van der Waals surface area (Å²) in [5.74, 6) is -1.08. The fraction of sp³-hybridized carbons (Fsp3) is 0.522. The third kappa shape index (κ3) is 4.49. The number of esters is 2. The van der Waals surface area contributed by atoms with E-state index in [4.69, 9.17) is 25.8 Å². The normalized spacial score (nSPS) is 27.0. The van der Waals surface area contributed by atoms with E-state index in [0.717, 1.165) is 24.9 Å². The van der Waals surface area contributed by atoms with Crippen molar-refractivity contribution < 1.29 is 23.8 Å². The van der Waals surface area contributed by atoms with Gasteiger partial charge < -0.3 is 19.5 Å². The van der Waals surface area contributed by atoms with Crippen LogP contribution in [0.4, 0.5) is 10.8 Å². The van der Waals surface area contributed by atoms with Gasteiger partial charge in [0.05, 0.1) is 23.0 Å². The fourth-order valence-electron chi connectivity index (χ4n) is 4.23. The molecule has 1 aromatic carbocycles. The van der Waals surface area contributed by atoms with Crippen LogP contribution in [0.1, 0.15) is 51.6 Å². The van der Waals surface area contributed by atoms with Gasteiger partial charge in [-0.15, -0.1) is 11.3 Å². The molecule has 2 aliphatic heterocycles. The maximum absolute atomic E-state index is 12.9. The van der Waals surface area contributed by atoms with Crippen molar-refractivity contribution in [2.75, 3.05) is 18.5 Å². The van der Waals surface area contributed by atoms with Crippen LogP contribution < -0.4 is 5.32 Å². The zero-order valence-corrected chi connectivity index (χ0v) is 19.8. The summed E-state index contributed by atoms with van der Waals surface area (Å²) in [5, 5.41) is 6.22. The molecule has 172 valence electrons. The SMILES string of the molecule is CCCCCOC[C@@H]1C[C@@]2(C[C@@](C)(c3csc(Nc4ccccc4Cl)n3)OC2=O)C(=O)O1. The summed E-state index contributed by atoms with van der Waals surface area (Å²) in [6.07, 6.45) is 3.20. The van der Waals surface area contributed by atoms with Crippen molar-refractivity contribution >= 4 is 45.7 Å². The van der Waals surface area contributed by atoms with Crippen LogP contribution in [0.5, 0.6) is 0 Å². The number of ether oxygens (including phenoxy) is 3. The number of aromatic nitrogens is 1. The van der Waals surface area contributed by atoms with E-state index in [2.05, 4.69) is 17.2 Å². The first-order chi connectivity index (χ1) is 15.4. The van der Waals surface area contributed by atoms with Gasteiger partial charge in [0, 0.05) is 24.8 Å². The molecule has 3 atom stereocenters. The smallest absolute Gasteiger partial charge is 0.324 e. The number of thiazole rings is 1. The van der Waals surface area contributed by atoms with Crippen LogP contribution in [0.15, 0.2) is 29.6 Å². The maximum Gasteiger partial charge on any atom is 0.324 e. The lowest BCUT2D eigenvalue weighted by Gasteiger charge is -2.20. The van der Waals surface area contributed by atoms with Crippen LogP contribution in [0.25, 0.3) is 0 Å². The molecule has 0 aliphatic carbocycles. The Bertz CT molecular complexity index is 998. The molecule has 0 radical (unpaired) electrons. The highest BCUT2D eigenvalue weighted by atomic mass is 35.5. The molecule has 3 heterocycles. The Hall–Kier alpha value is -2.16. The Morgan fingerprint density at radius 1 is 1.28 bits per heavy atom. The fourth-order valence-corrected chi connectivity index (χ4v) is 5.26. The van der Waals surface area contributed by atoms with Gasteiger partial charge in [-0.1, -0.05) is 43.5 Å². The van der Waals surface area contributed by atoms with Gasteiger partial charge in [-0.2, -0.15) is 0 Å². The van der Waals surface area contributed by atoms with Crippen molar-refractivity contribution in [2.45, 2.75) is 57.7 Å². The minimum absolute atomic E-state index is 0.194. The van der Waals surface area contributed by atoms with Crippen LogP contribution in [0.2, 0.25) is 5.02 Å². The van der Waals surface area contributed by atoms with Crippen molar-refractivity contribution in [1.82, 2.24) is 4.98 Å². The molecule has 0 amide bonds. The minimum atomic E-state index is -1.30. The number of para-hydroxylation sites is 1. The molecule has 4 rings (SSSR count). The summed E-state index contributed by atoms with van der Waals surface area (Å²) in [4.78, 5) is 30.2. The number of unbranched alkanes of at least 4 members (excludes halogenated alkanes) is 2. The molecule has 0 saturated carbocycles. The van der Waals surface area contributed by atoms with E-state index >= 15 is 0 Å². The number of benzene rings is 1. The van der Waals surface area contributed by atoms with Crippen LogP contribution in [-0.2, 0) is 29.4 Å².